The first-order valence-corrected chi connectivity index (χ1v) is 13.6. The third kappa shape index (κ3) is 12.6. The third-order valence-electron chi connectivity index (χ3n) is 5.70. The fraction of sp³-hybridized carbons (Fsp3) is 0.406. The number of ether oxygens (including phenoxy) is 1. The number of benzene rings is 1. The minimum absolute atomic E-state index is 0.179. The molecule has 1 aromatic heterocycles. The predicted molar refractivity (Wildman–Crippen MR) is 160 cm³/mol. The Morgan fingerprint density at radius 2 is 1.90 bits per heavy atom. The third-order valence-corrected chi connectivity index (χ3v) is 5.70. The van der Waals surface area contributed by atoms with Crippen molar-refractivity contribution < 1.29 is 13.9 Å². The molecule has 0 spiro atoms. The molecule has 1 aliphatic carbocycles. The summed E-state index contributed by atoms with van der Waals surface area (Å²) in [5.74, 6) is 0.662. The molecule has 0 aliphatic heterocycles. The first kappa shape index (κ1) is 33.3. The van der Waals surface area contributed by atoms with Crippen molar-refractivity contribution in [3.63, 3.8) is 0 Å². The molecule has 0 radical (unpaired) electrons. The van der Waals surface area contributed by atoms with Gasteiger partial charge in [-0.1, -0.05) is 97.9 Å². The number of hydrogen-bond acceptors (Lipinski definition) is 6. The van der Waals surface area contributed by atoms with E-state index in [1.54, 1.807) is 6.08 Å². The van der Waals surface area contributed by atoms with Crippen LogP contribution in [0.1, 0.15) is 90.6 Å². The Kier molecular flexibility index (Phi) is 15.8. The van der Waals surface area contributed by atoms with Crippen molar-refractivity contribution in [3.8, 4) is 0 Å². The average molecular weight is 535 g/mol. The zero-order valence-corrected chi connectivity index (χ0v) is 24.4. The molecule has 1 amide bonds. The second kappa shape index (κ2) is 18.5. The first-order chi connectivity index (χ1) is 18.8. The Bertz CT molecular complexity index is 1110. The monoisotopic (exact) mass is 534 g/mol. The van der Waals surface area contributed by atoms with Crippen molar-refractivity contribution in [1.82, 2.24) is 15.5 Å². The number of nitrogens with one attached hydrogen (secondary N) is 1. The van der Waals surface area contributed by atoms with Gasteiger partial charge in [0.05, 0.1) is 5.54 Å². The van der Waals surface area contributed by atoms with Gasteiger partial charge in [0.25, 0.3) is 0 Å². The van der Waals surface area contributed by atoms with E-state index < -0.39 is 17.7 Å². The van der Waals surface area contributed by atoms with Crippen molar-refractivity contribution in [2.75, 3.05) is 0 Å². The summed E-state index contributed by atoms with van der Waals surface area (Å²) >= 11 is 0. The molecule has 1 aromatic carbocycles. The van der Waals surface area contributed by atoms with E-state index >= 15 is 0 Å². The highest BCUT2D eigenvalue weighted by Gasteiger charge is 2.30. The second-order valence-electron chi connectivity index (χ2n) is 9.22. The summed E-state index contributed by atoms with van der Waals surface area (Å²) in [6.45, 7) is 15.3. The summed E-state index contributed by atoms with van der Waals surface area (Å²) in [7, 11) is 0. The Balaban J connectivity index is 0.00000142. The maximum atomic E-state index is 12.6. The van der Waals surface area contributed by atoms with E-state index in [2.05, 4.69) is 34.2 Å². The van der Waals surface area contributed by atoms with Crippen LogP contribution in [0, 0.1) is 0 Å². The lowest BCUT2D eigenvalue weighted by Crippen LogP contribution is -2.33. The van der Waals surface area contributed by atoms with Crippen LogP contribution in [0.15, 0.2) is 95.0 Å². The van der Waals surface area contributed by atoms with Crippen LogP contribution in [0.5, 0.6) is 0 Å². The fourth-order valence-corrected chi connectivity index (χ4v) is 3.66. The smallest absolute Gasteiger partial charge is 0.408 e. The number of aromatic nitrogens is 2. The van der Waals surface area contributed by atoms with E-state index in [1.807, 2.05) is 96.2 Å². The summed E-state index contributed by atoms with van der Waals surface area (Å²) in [5, 5.41) is 11.3. The normalized spacial score (nSPS) is 14.7. The quantitative estimate of drug-likeness (QED) is 0.299. The number of rotatable bonds is 10. The maximum absolute atomic E-state index is 12.6. The summed E-state index contributed by atoms with van der Waals surface area (Å²) in [4.78, 5) is 12.6. The van der Waals surface area contributed by atoms with Gasteiger partial charge in [-0.15, -0.1) is 16.8 Å². The summed E-state index contributed by atoms with van der Waals surface area (Å²) in [6.07, 6.45) is 16.3. The highest BCUT2D eigenvalue weighted by Crippen LogP contribution is 2.28. The van der Waals surface area contributed by atoms with E-state index in [1.165, 1.54) is 5.57 Å². The molecule has 39 heavy (non-hydrogen) atoms. The van der Waals surface area contributed by atoms with Gasteiger partial charge in [0.1, 0.15) is 12.6 Å². The molecule has 0 saturated carbocycles. The van der Waals surface area contributed by atoms with Crippen molar-refractivity contribution in [2.24, 2.45) is 5.73 Å². The molecule has 0 bridgehead atoms. The Hall–Kier alpha value is -3.71. The lowest BCUT2D eigenvalue weighted by atomic mass is 9.94. The van der Waals surface area contributed by atoms with Crippen molar-refractivity contribution in [3.05, 3.63) is 108 Å². The minimum atomic E-state index is -0.806. The van der Waals surface area contributed by atoms with Crippen LogP contribution in [-0.2, 0) is 16.9 Å². The van der Waals surface area contributed by atoms with Crippen LogP contribution in [0.3, 0.4) is 0 Å². The van der Waals surface area contributed by atoms with Crippen molar-refractivity contribution in [1.29, 1.82) is 0 Å². The van der Waals surface area contributed by atoms with Crippen LogP contribution in [-0.4, -0.2) is 16.3 Å². The van der Waals surface area contributed by atoms with Gasteiger partial charge in [0.15, 0.2) is 0 Å². The number of hydrogen-bond donors (Lipinski definition) is 2. The number of nitrogens with two attached hydrogens (primary N) is 1. The number of carbonyl (C=O) groups is 1. The minimum Gasteiger partial charge on any atom is -0.445 e. The predicted octanol–water partition coefficient (Wildman–Crippen LogP) is 8.01. The van der Waals surface area contributed by atoms with Crippen molar-refractivity contribution in [2.45, 2.75) is 85.4 Å². The van der Waals surface area contributed by atoms with Gasteiger partial charge in [-0.25, -0.2) is 4.79 Å². The van der Waals surface area contributed by atoms with Gasteiger partial charge < -0.3 is 20.2 Å². The molecule has 212 valence electrons. The molecule has 7 nitrogen and oxygen atoms in total. The van der Waals surface area contributed by atoms with E-state index in [9.17, 15) is 4.79 Å². The summed E-state index contributed by atoms with van der Waals surface area (Å²) in [6, 6.07) is 9.04. The summed E-state index contributed by atoms with van der Waals surface area (Å²) in [5.41, 5.74) is 8.96. The Morgan fingerprint density at radius 1 is 1.21 bits per heavy atom. The van der Waals surface area contributed by atoms with Gasteiger partial charge in [-0.3, -0.25) is 0 Å². The van der Waals surface area contributed by atoms with Crippen LogP contribution < -0.4 is 11.1 Å². The summed E-state index contributed by atoms with van der Waals surface area (Å²) < 4.78 is 11.4. The Labute approximate surface area is 234 Å². The second-order valence-corrected chi connectivity index (χ2v) is 9.22. The molecule has 0 fully saturated rings. The number of allylic oxidation sites excluding steroid dienone is 8. The van der Waals surface area contributed by atoms with E-state index in [0.717, 1.165) is 24.0 Å². The molecule has 0 saturated heterocycles. The standard InChI is InChI=1S/C27H34N4O3.C3H6.C2H6/c1-4-20(2)18-27(3,28)25-31-30-24(34-25)23(17-16-21-12-8-5-6-9-13-21)29-26(32)33-19-22-14-10-7-11-15-22;1-3-2;1-2/h4-12,14-15,23H,13,16-19,28H2,1-3H3,(H,29,32);3H,1H2,2H3;1-2H3/b20-4+;;/t23-,27+;;/m0../s1. The number of amides is 1. The number of carbonyl (C=O) groups excluding carboxylic acids is 1. The highest BCUT2D eigenvalue weighted by atomic mass is 16.5. The molecule has 2 atom stereocenters. The van der Waals surface area contributed by atoms with Crippen LogP contribution in [0.25, 0.3) is 0 Å². The van der Waals surface area contributed by atoms with E-state index in [4.69, 9.17) is 14.9 Å². The van der Waals surface area contributed by atoms with Gasteiger partial charge >= 0.3 is 6.09 Å². The zero-order chi connectivity index (χ0) is 29.1. The fourth-order valence-electron chi connectivity index (χ4n) is 3.66. The highest BCUT2D eigenvalue weighted by molar-refractivity contribution is 5.67. The van der Waals surface area contributed by atoms with Gasteiger partial charge in [0.2, 0.25) is 11.8 Å². The average Bonchev–Trinajstić information content (AvgIpc) is 3.30. The zero-order valence-electron chi connectivity index (χ0n) is 24.4. The molecular formula is C32H46N4O3. The van der Waals surface area contributed by atoms with Crippen LogP contribution >= 0.6 is 0 Å². The maximum Gasteiger partial charge on any atom is 0.408 e. The molecule has 3 rings (SSSR count). The van der Waals surface area contributed by atoms with Gasteiger partial charge in [-0.2, -0.15) is 0 Å². The topological polar surface area (TPSA) is 103 Å². The lowest BCUT2D eigenvalue weighted by molar-refractivity contribution is 0.133. The molecule has 2 aromatic rings. The van der Waals surface area contributed by atoms with Crippen molar-refractivity contribution >= 4 is 6.09 Å². The molecule has 1 aliphatic rings. The molecule has 3 N–H and O–H groups in total. The first-order valence-electron chi connectivity index (χ1n) is 13.6. The molecule has 1 heterocycles. The van der Waals surface area contributed by atoms with Gasteiger partial charge in [0, 0.05) is 0 Å². The lowest BCUT2D eigenvalue weighted by Gasteiger charge is -2.21. The SMILES string of the molecule is C/C=C(\C)C[C@@](C)(N)c1nnc([C@H](CCC2=CC=CC=CC2)NC(=O)OCc2ccccc2)o1.C=CC.CC. The number of nitrogens with zero attached hydrogens (tertiary/aromatic N) is 2. The number of alkyl carbamates (subject to hydrolysis) is 1. The van der Waals surface area contributed by atoms with E-state index in [-0.39, 0.29) is 6.61 Å². The van der Waals surface area contributed by atoms with Gasteiger partial charge in [-0.05, 0) is 58.9 Å². The van der Waals surface area contributed by atoms with Crippen LogP contribution in [0.4, 0.5) is 4.79 Å². The van der Waals surface area contributed by atoms with E-state index in [0.29, 0.717) is 24.6 Å². The molecule has 0 unspecified atom stereocenters. The van der Waals surface area contributed by atoms with Crippen LogP contribution in [0.2, 0.25) is 0 Å². The largest absolute Gasteiger partial charge is 0.445 e. The molecular weight excluding hydrogens is 488 g/mol. The molecule has 7 heteroatoms. The Morgan fingerprint density at radius 3 is 2.56 bits per heavy atom.